The average molecular weight is 461 g/mol. The van der Waals surface area contributed by atoms with E-state index in [2.05, 4.69) is 26.5 Å². The highest BCUT2D eigenvalue weighted by molar-refractivity contribution is 6.68. The molecule has 1 aromatic rings. The first-order chi connectivity index (χ1) is 14.6. The van der Waals surface area contributed by atoms with Crippen LogP contribution in [-0.2, 0) is 19.3 Å². The Morgan fingerprint density at radius 3 is 2.10 bits per heavy atom. The van der Waals surface area contributed by atoms with E-state index in [-0.39, 0.29) is 0 Å². The second-order valence-electron chi connectivity index (χ2n) is 9.61. The van der Waals surface area contributed by atoms with Gasteiger partial charge in [0.25, 0.3) is 0 Å². The second kappa shape index (κ2) is 10.9. The fourth-order valence-corrected chi connectivity index (χ4v) is 13.7. The normalized spacial score (nSPS) is 27.7. The molecular formula is C24H40O3Si3. The van der Waals surface area contributed by atoms with Gasteiger partial charge in [-0.1, -0.05) is 31.9 Å². The molecule has 166 valence electrons. The Morgan fingerprint density at radius 2 is 1.50 bits per heavy atom. The summed E-state index contributed by atoms with van der Waals surface area (Å²) >= 11 is 0. The zero-order valence-electron chi connectivity index (χ0n) is 19.1. The van der Waals surface area contributed by atoms with Crippen LogP contribution >= 0.6 is 0 Å². The molecule has 0 spiro atoms. The van der Waals surface area contributed by atoms with Crippen molar-refractivity contribution in [3.63, 3.8) is 0 Å². The summed E-state index contributed by atoms with van der Waals surface area (Å²) in [5, 5.41) is 1.59. The van der Waals surface area contributed by atoms with Crippen molar-refractivity contribution in [3.05, 3.63) is 34.9 Å². The summed E-state index contributed by atoms with van der Waals surface area (Å²) < 4.78 is 19.0. The van der Waals surface area contributed by atoms with Crippen molar-refractivity contribution in [2.45, 2.75) is 82.6 Å². The Kier molecular flexibility index (Phi) is 8.22. The van der Waals surface area contributed by atoms with Gasteiger partial charge in [0, 0.05) is 19.8 Å². The van der Waals surface area contributed by atoms with E-state index in [0.29, 0.717) is 0 Å². The number of benzene rings is 1. The van der Waals surface area contributed by atoms with Crippen molar-refractivity contribution in [3.8, 4) is 0 Å². The summed E-state index contributed by atoms with van der Waals surface area (Å²) in [5.41, 5.74) is 7.28. The topological polar surface area (TPSA) is 27.7 Å². The molecule has 3 atom stereocenters. The van der Waals surface area contributed by atoms with E-state index in [1.54, 1.807) is 10.8 Å². The Bertz CT molecular complexity index is 734. The zero-order chi connectivity index (χ0) is 20.9. The van der Waals surface area contributed by atoms with Crippen molar-refractivity contribution < 1.29 is 13.3 Å². The van der Waals surface area contributed by atoms with E-state index in [0.717, 1.165) is 25.9 Å². The smallest absolute Gasteiger partial charge is 0.208 e. The Morgan fingerprint density at radius 1 is 0.867 bits per heavy atom. The molecule has 3 saturated heterocycles. The van der Waals surface area contributed by atoms with Crippen molar-refractivity contribution >= 4 is 37.9 Å². The maximum atomic E-state index is 6.44. The van der Waals surface area contributed by atoms with Gasteiger partial charge < -0.3 is 13.3 Å². The first kappa shape index (κ1) is 22.7. The van der Waals surface area contributed by atoms with Crippen LogP contribution in [0.15, 0.2) is 12.6 Å². The minimum absolute atomic E-state index is 0.958. The van der Waals surface area contributed by atoms with Crippen LogP contribution in [0.25, 0.3) is 5.57 Å². The summed E-state index contributed by atoms with van der Waals surface area (Å²) in [5.74, 6) is 0. The van der Waals surface area contributed by atoms with Gasteiger partial charge in [-0.25, -0.2) is 0 Å². The van der Waals surface area contributed by atoms with Crippen molar-refractivity contribution in [2.24, 2.45) is 0 Å². The maximum Gasteiger partial charge on any atom is 0.208 e. The predicted molar refractivity (Wildman–Crippen MR) is 135 cm³/mol. The summed E-state index contributed by atoms with van der Waals surface area (Å²) in [7, 11) is -3.68. The van der Waals surface area contributed by atoms with E-state index < -0.39 is 27.1 Å². The highest BCUT2D eigenvalue weighted by atomic mass is 28.3. The fourth-order valence-electron chi connectivity index (χ4n) is 5.51. The highest BCUT2D eigenvalue weighted by Gasteiger charge is 2.29. The van der Waals surface area contributed by atoms with Crippen LogP contribution in [0.5, 0.6) is 0 Å². The van der Waals surface area contributed by atoms with E-state index in [9.17, 15) is 0 Å². The lowest BCUT2D eigenvalue weighted by molar-refractivity contribution is 0.286. The van der Waals surface area contributed by atoms with Gasteiger partial charge in [0.2, 0.25) is 9.04 Å². The molecule has 0 aliphatic carbocycles. The van der Waals surface area contributed by atoms with Gasteiger partial charge in [-0.2, -0.15) is 0 Å². The third-order valence-corrected chi connectivity index (χ3v) is 15.4. The van der Waals surface area contributed by atoms with Gasteiger partial charge in [-0.3, -0.25) is 0 Å². The lowest BCUT2D eigenvalue weighted by Gasteiger charge is -2.31. The summed E-state index contributed by atoms with van der Waals surface area (Å²) in [6, 6.07) is 8.70. The highest BCUT2D eigenvalue weighted by Crippen LogP contribution is 2.32. The lowest BCUT2D eigenvalue weighted by atomic mass is 9.94. The number of allylic oxidation sites excluding steroid dienone is 1. The van der Waals surface area contributed by atoms with Gasteiger partial charge in [0.1, 0.15) is 0 Å². The molecule has 30 heavy (non-hydrogen) atoms. The molecule has 1 aromatic carbocycles. The molecule has 0 amide bonds. The van der Waals surface area contributed by atoms with E-state index in [1.807, 2.05) is 0 Å². The van der Waals surface area contributed by atoms with Crippen LogP contribution in [0.3, 0.4) is 0 Å². The van der Waals surface area contributed by atoms with Gasteiger partial charge in [0.15, 0.2) is 18.1 Å². The number of hydrogen-bond donors (Lipinski definition) is 0. The van der Waals surface area contributed by atoms with Crippen LogP contribution in [0.4, 0.5) is 0 Å². The first-order valence-corrected chi connectivity index (χ1v) is 18.4. The first-order valence-electron chi connectivity index (χ1n) is 12.3. The quantitative estimate of drug-likeness (QED) is 0.595. The second-order valence-corrected chi connectivity index (χ2v) is 17.2. The molecule has 0 radical (unpaired) electrons. The van der Waals surface area contributed by atoms with Crippen LogP contribution in [0, 0.1) is 13.8 Å². The molecule has 0 N–H and O–H groups in total. The van der Waals surface area contributed by atoms with Crippen LogP contribution in [0.1, 0.15) is 60.8 Å². The summed E-state index contributed by atoms with van der Waals surface area (Å²) in [6.45, 7) is 12.2. The molecule has 4 rings (SSSR count). The average Bonchev–Trinajstić information content (AvgIpc) is 2.78. The Balaban J connectivity index is 1.69. The molecule has 0 saturated carbocycles. The molecule has 3 heterocycles. The minimum Gasteiger partial charge on any atom is -0.420 e. The van der Waals surface area contributed by atoms with E-state index in [4.69, 9.17) is 13.3 Å². The summed E-state index contributed by atoms with van der Waals surface area (Å²) in [4.78, 5) is 0. The number of hydrogen-bond acceptors (Lipinski definition) is 3. The Hall–Kier alpha value is -0.509. The molecule has 0 aromatic heterocycles. The van der Waals surface area contributed by atoms with Crippen LogP contribution < -0.4 is 5.19 Å². The Labute approximate surface area is 188 Å². The standard InChI is InChI=1S/C24H40O3Si3/c1-19-16-23(30-15-9-6-12-27-30)22(18-29-14-8-5-11-26-29)24(21(19)3)20(2)17-28-13-7-4-10-25-28/h16,28-30H,2,4-15,17-18H2,1,3H3. The molecule has 3 unspecified atom stereocenters. The third kappa shape index (κ3) is 5.45. The van der Waals surface area contributed by atoms with E-state index in [1.165, 1.54) is 85.0 Å². The van der Waals surface area contributed by atoms with Gasteiger partial charge in [-0.05, 0) is 96.3 Å². The fraction of sp³-hybridized carbons (Fsp3) is 0.667. The van der Waals surface area contributed by atoms with E-state index >= 15 is 0 Å². The zero-order valence-corrected chi connectivity index (χ0v) is 22.6. The molecule has 3 aliphatic heterocycles. The molecular weight excluding hydrogens is 421 g/mol. The van der Waals surface area contributed by atoms with Gasteiger partial charge in [0.05, 0.1) is 0 Å². The molecule has 3 fully saturated rings. The van der Waals surface area contributed by atoms with Crippen molar-refractivity contribution in [2.75, 3.05) is 19.8 Å². The SMILES string of the molecule is C=C(C[SiH]1CCCCO1)c1c(C)c(C)cc([SiH]2CCCCO2)c1C[SiH]1CCCCO1. The lowest BCUT2D eigenvalue weighted by Crippen LogP contribution is -2.41. The maximum absolute atomic E-state index is 6.44. The van der Waals surface area contributed by atoms with Gasteiger partial charge >= 0.3 is 0 Å². The van der Waals surface area contributed by atoms with Gasteiger partial charge in [-0.15, -0.1) is 0 Å². The van der Waals surface area contributed by atoms with Crippen molar-refractivity contribution in [1.29, 1.82) is 0 Å². The molecule has 3 nitrogen and oxygen atoms in total. The van der Waals surface area contributed by atoms with Crippen molar-refractivity contribution in [1.82, 2.24) is 0 Å². The number of aryl methyl sites for hydroxylation is 1. The van der Waals surface area contributed by atoms with Crippen LogP contribution in [-0.4, -0.2) is 46.9 Å². The molecule has 3 aliphatic rings. The third-order valence-electron chi connectivity index (χ3n) is 7.32. The molecule has 6 heteroatoms. The largest absolute Gasteiger partial charge is 0.420 e. The summed E-state index contributed by atoms with van der Waals surface area (Å²) in [6.07, 6.45) is 7.75. The predicted octanol–water partition coefficient (Wildman–Crippen LogP) is 4.21. The molecule has 0 bridgehead atoms. The minimum atomic E-state index is -1.35. The van der Waals surface area contributed by atoms with Crippen LogP contribution in [0.2, 0.25) is 24.2 Å². The number of rotatable bonds is 6. The monoisotopic (exact) mass is 460 g/mol.